The van der Waals surface area contributed by atoms with Crippen molar-refractivity contribution < 1.29 is 14.6 Å². The smallest absolute Gasteiger partial charge is 0.328 e. The second-order valence-electron chi connectivity index (χ2n) is 4.29. The fourth-order valence-electron chi connectivity index (χ4n) is 1.08. The summed E-state index contributed by atoms with van der Waals surface area (Å²) in [5, 5.41) is 12.7. The van der Waals surface area contributed by atoms with Crippen LogP contribution in [0.3, 0.4) is 0 Å². The SMILES string of the molecule is CC(C)(C)OC(=O)Cn1cc(CO)cn1. The maximum atomic E-state index is 11.4. The molecule has 1 aromatic rings. The quantitative estimate of drug-likeness (QED) is 0.750. The Morgan fingerprint density at radius 3 is 2.73 bits per heavy atom. The van der Waals surface area contributed by atoms with Gasteiger partial charge in [-0.25, -0.2) is 0 Å². The molecule has 1 aromatic heterocycles. The van der Waals surface area contributed by atoms with Gasteiger partial charge in [0.2, 0.25) is 0 Å². The van der Waals surface area contributed by atoms with E-state index in [1.54, 1.807) is 6.20 Å². The van der Waals surface area contributed by atoms with Gasteiger partial charge in [0.15, 0.2) is 0 Å². The van der Waals surface area contributed by atoms with Crippen LogP contribution >= 0.6 is 0 Å². The molecule has 0 fully saturated rings. The Bertz CT molecular complexity index is 339. The van der Waals surface area contributed by atoms with E-state index < -0.39 is 5.60 Å². The van der Waals surface area contributed by atoms with Crippen LogP contribution in [0.1, 0.15) is 26.3 Å². The molecule has 5 nitrogen and oxygen atoms in total. The van der Waals surface area contributed by atoms with Crippen molar-refractivity contribution in [1.82, 2.24) is 9.78 Å². The highest BCUT2D eigenvalue weighted by Gasteiger charge is 2.16. The van der Waals surface area contributed by atoms with E-state index in [1.807, 2.05) is 20.8 Å². The van der Waals surface area contributed by atoms with Crippen LogP contribution in [0.25, 0.3) is 0 Å². The molecule has 84 valence electrons. The van der Waals surface area contributed by atoms with Crippen molar-refractivity contribution in [3.63, 3.8) is 0 Å². The van der Waals surface area contributed by atoms with Crippen LogP contribution in [-0.2, 0) is 22.7 Å². The maximum Gasteiger partial charge on any atom is 0.328 e. The zero-order valence-electron chi connectivity index (χ0n) is 9.23. The zero-order valence-corrected chi connectivity index (χ0v) is 9.23. The molecule has 0 atom stereocenters. The highest BCUT2D eigenvalue weighted by molar-refractivity contribution is 5.69. The third-order valence-electron chi connectivity index (χ3n) is 1.58. The number of ether oxygens (including phenoxy) is 1. The van der Waals surface area contributed by atoms with Crippen LogP contribution in [0.15, 0.2) is 12.4 Å². The molecule has 0 saturated carbocycles. The summed E-state index contributed by atoms with van der Waals surface area (Å²) in [6, 6.07) is 0. The fourth-order valence-corrected chi connectivity index (χ4v) is 1.08. The van der Waals surface area contributed by atoms with Crippen molar-refractivity contribution >= 4 is 5.97 Å². The molecule has 0 unspecified atom stereocenters. The maximum absolute atomic E-state index is 11.4. The molecule has 0 spiro atoms. The summed E-state index contributed by atoms with van der Waals surface area (Å²) in [4.78, 5) is 11.4. The lowest BCUT2D eigenvalue weighted by Gasteiger charge is -2.19. The monoisotopic (exact) mass is 212 g/mol. The minimum Gasteiger partial charge on any atom is -0.459 e. The molecular formula is C10H16N2O3. The van der Waals surface area contributed by atoms with Gasteiger partial charge in [-0.2, -0.15) is 5.10 Å². The average Bonchev–Trinajstić information content (AvgIpc) is 2.48. The van der Waals surface area contributed by atoms with E-state index in [4.69, 9.17) is 9.84 Å². The van der Waals surface area contributed by atoms with Crippen LogP contribution in [-0.4, -0.2) is 26.5 Å². The molecule has 0 aliphatic rings. The number of hydrogen-bond donors (Lipinski definition) is 1. The Balaban J connectivity index is 2.51. The van der Waals surface area contributed by atoms with Crippen LogP contribution < -0.4 is 0 Å². The molecule has 0 aliphatic heterocycles. The van der Waals surface area contributed by atoms with Gasteiger partial charge in [0.05, 0.1) is 12.8 Å². The topological polar surface area (TPSA) is 64.3 Å². The first-order valence-electron chi connectivity index (χ1n) is 4.75. The van der Waals surface area contributed by atoms with Crippen molar-refractivity contribution in [2.24, 2.45) is 0 Å². The predicted octanol–water partition coefficient (Wildman–Crippen LogP) is 0.717. The first-order valence-corrected chi connectivity index (χ1v) is 4.75. The normalized spacial score (nSPS) is 11.5. The van der Waals surface area contributed by atoms with Crippen molar-refractivity contribution in [3.05, 3.63) is 18.0 Å². The molecule has 0 aliphatic carbocycles. The molecule has 0 bridgehead atoms. The second kappa shape index (κ2) is 4.44. The van der Waals surface area contributed by atoms with E-state index in [9.17, 15) is 4.79 Å². The van der Waals surface area contributed by atoms with Gasteiger partial charge in [-0.05, 0) is 20.8 Å². The van der Waals surface area contributed by atoms with Crippen LogP contribution in [0.5, 0.6) is 0 Å². The molecular weight excluding hydrogens is 196 g/mol. The highest BCUT2D eigenvalue weighted by atomic mass is 16.6. The predicted molar refractivity (Wildman–Crippen MR) is 54.0 cm³/mol. The first-order chi connectivity index (χ1) is 6.90. The lowest BCUT2D eigenvalue weighted by molar-refractivity contribution is -0.155. The first kappa shape index (κ1) is 11.7. The minimum atomic E-state index is -0.482. The summed E-state index contributed by atoms with van der Waals surface area (Å²) in [5.74, 6) is -0.338. The van der Waals surface area contributed by atoms with Gasteiger partial charge in [0.1, 0.15) is 12.1 Å². The van der Waals surface area contributed by atoms with E-state index >= 15 is 0 Å². The molecule has 5 heteroatoms. The molecule has 15 heavy (non-hydrogen) atoms. The fraction of sp³-hybridized carbons (Fsp3) is 0.600. The Hall–Kier alpha value is -1.36. The second-order valence-corrected chi connectivity index (χ2v) is 4.29. The van der Waals surface area contributed by atoms with E-state index in [0.717, 1.165) is 0 Å². The van der Waals surface area contributed by atoms with Gasteiger partial charge in [-0.3, -0.25) is 9.48 Å². The number of carbonyl (C=O) groups is 1. The summed E-state index contributed by atoms with van der Waals surface area (Å²) in [7, 11) is 0. The van der Waals surface area contributed by atoms with Crippen molar-refractivity contribution in [2.75, 3.05) is 0 Å². The Labute approximate surface area is 88.7 Å². The molecule has 1 heterocycles. The number of nitrogens with zero attached hydrogens (tertiary/aromatic N) is 2. The van der Waals surface area contributed by atoms with Gasteiger partial charge in [0.25, 0.3) is 0 Å². The van der Waals surface area contributed by atoms with Gasteiger partial charge >= 0.3 is 5.97 Å². The van der Waals surface area contributed by atoms with E-state index in [1.165, 1.54) is 10.9 Å². The third-order valence-corrected chi connectivity index (χ3v) is 1.58. The van der Waals surface area contributed by atoms with Crippen LogP contribution in [0.2, 0.25) is 0 Å². The van der Waals surface area contributed by atoms with Crippen molar-refractivity contribution in [1.29, 1.82) is 0 Å². The number of rotatable bonds is 3. The molecule has 0 radical (unpaired) electrons. The number of aliphatic hydroxyl groups is 1. The van der Waals surface area contributed by atoms with E-state index in [-0.39, 0.29) is 19.1 Å². The van der Waals surface area contributed by atoms with Crippen molar-refractivity contribution in [3.8, 4) is 0 Å². The lowest BCUT2D eigenvalue weighted by Crippen LogP contribution is -2.26. The standard InChI is InChI=1S/C10H16N2O3/c1-10(2,3)15-9(14)6-12-5-8(7-13)4-11-12/h4-5,13H,6-7H2,1-3H3. The number of carbonyl (C=O) groups excluding carboxylic acids is 1. The number of aliphatic hydroxyl groups excluding tert-OH is 1. The zero-order chi connectivity index (χ0) is 11.5. The average molecular weight is 212 g/mol. The van der Waals surface area contributed by atoms with Gasteiger partial charge in [0, 0.05) is 11.8 Å². The summed E-state index contributed by atoms with van der Waals surface area (Å²) >= 11 is 0. The van der Waals surface area contributed by atoms with Gasteiger partial charge < -0.3 is 9.84 Å². The molecule has 0 aromatic carbocycles. The van der Waals surface area contributed by atoms with Crippen molar-refractivity contribution in [2.45, 2.75) is 39.5 Å². The summed E-state index contributed by atoms with van der Waals surface area (Å²) in [6.07, 6.45) is 3.13. The Morgan fingerprint density at radius 1 is 1.60 bits per heavy atom. The third kappa shape index (κ3) is 4.12. The van der Waals surface area contributed by atoms with Crippen LogP contribution in [0, 0.1) is 0 Å². The summed E-state index contributed by atoms with van der Waals surface area (Å²) in [6.45, 7) is 5.43. The van der Waals surface area contributed by atoms with Gasteiger partial charge in [-0.15, -0.1) is 0 Å². The van der Waals surface area contributed by atoms with Crippen LogP contribution in [0.4, 0.5) is 0 Å². The summed E-state index contributed by atoms with van der Waals surface area (Å²) in [5.41, 5.74) is 0.197. The highest BCUT2D eigenvalue weighted by Crippen LogP contribution is 2.07. The Kier molecular flexibility index (Phi) is 3.47. The van der Waals surface area contributed by atoms with E-state index in [2.05, 4.69) is 5.10 Å². The largest absolute Gasteiger partial charge is 0.459 e. The van der Waals surface area contributed by atoms with Gasteiger partial charge in [-0.1, -0.05) is 0 Å². The molecule has 0 amide bonds. The number of esters is 1. The van der Waals surface area contributed by atoms with E-state index in [0.29, 0.717) is 5.56 Å². The summed E-state index contributed by atoms with van der Waals surface area (Å²) < 4.78 is 6.57. The number of aromatic nitrogens is 2. The molecule has 1 rings (SSSR count). The lowest BCUT2D eigenvalue weighted by atomic mass is 10.2. The minimum absolute atomic E-state index is 0.0667. The molecule has 0 saturated heterocycles. The molecule has 1 N–H and O–H groups in total. The number of hydrogen-bond acceptors (Lipinski definition) is 4. The Morgan fingerprint density at radius 2 is 2.27 bits per heavy atom.